The molecule has 1 atom stereocenters. The van der Waals surface area contributed by atoms with Gasteiger partial charge in [0.25, 0.3) is 0 Å². The summed E-state index contributed by atoms with van der Waals surface area (Å²) in [6.45, 7) is 3.65. The highest BCUT2D eigenvalue weighted by Gasteiger charge is 2.23. The van der Waals surface area contributed by atoms with Gasteiger partial charge in [-0.3, -0.25) is 0 Å². The number of rotatable bonds is 5. The molecule has 1 aliphatic rings. The van der Waals surface area contributed by atoms with Crippen LogP contribution in [-0.4, -0.2) is 13.2 Å². The van der Waals surface area contributed by atoms with Crippen molar-refractivity contribution in [2.24, 2.45) is 0 Å². The van der Waals surface area contributed by atoms with Crippen LogP contribution in [0.2, 0.25) is 0 Å². The standard InChI is InChI=1S/C18H20BrNO/c1-13-4-2-5-14(12-13)21-11-10-20-18-9-8-15-16(18)6-3-7-17(15)19/h2-7,12,18,20H,8-11H2,1H3. The van der Waals surface area contributed by atoms with Crippen LogP contribution in [0.4, 0.5) is 0 Å². The van der Waals surface area contributed by atoms with E-state index in [1.807, 2.05) is 12.1 Å². The number of fused-ring (bicyclic) bond motifs is 1. The van der Waals surface area contributed by atoms with Gasteiger partial charge in [-0.25, -0.2) is 0 Å². The van der Waals surface area contributed by atoms with Crippen LogP contribution in [0.5, 0.6) is 5.75 Å². The summed E-state index contributed by atoms with van der Waals surface area (Å²) in [5, 5.41) is 3.60. The van der Waals surface area contributed by atoms with E-state index in [1.54, 1.807) is 0 Å². The third-order valence-electron chi connectivity index (χ3n) is 3.96. The molecular formula is C18H20BrNO. The number of benzene rings is 2. The molecule has 0 saturated heterocycles. The summed E-state index contributed by atoms with van der Waals surface area (Å²) in [6, 6.07) is 15.1. The molecule has 0 heterocycles. The molecule has 0 saturated carbocycles. The second-order valence-electron chi connectivity index (χ2n) is 5.52. The predicted octanol–water partition coefficient (Wildman–Crippen LogP) is 4.41. The Morgan fingerprint density at radius 2 is 2.10 bits per heavy atom. The quantitative estimate of drug-likeness (QED) is 0.810. The zero-order valence-corrected chi connectivity index (χ0v) is 13.8. The van der Waals surface area contributed by atoms with E-state index in [0.29, 0.717) is 12.6 Å². The summed E-state index contributed by atoms with van der Waals surface area (Å²) < 4.78 is 7.02. The number of aryl methyl sites for hydroxylation is 1. The monoisotopic (exact) mass is 345 g/mol. The van der Waals surface area contributed by atoms with Crippen molar-refractivity contribution < 1.29 is 4.74 Å². The molecule has 0 aromatic heterocycles. The van der Waals surface area contributed by atoms with Crippen LogP contribution in [0.15, 0.2) is 46.9 Å². The minimum absolute atomic E-state index is 0.457. The highest BCUT2D eigenvalue weighted by atomic mass is 79.9. The van der Waals surface area contributed by atoms with Crippen molar-refractivity contribution in [1.29, 1.82) is 0 Å². The maximum absolute atomic E-state index is 5.79. The molecule has 0 spiro atoms. The molecular weight excluding hydrogens is 326 g/mol. The zero-order chi connectivity index (χ0) is 14.7. The molecule has 0 radical (unpaired) electrons. The maximum Gasteiger partial charge on any atom is 0.119 e. The average molecular weight is 346 g/mol. The molecule has 0 fully saturated rings. The van der Waals surface area contributed by atoms with Gasteiger partial charge < -0.3 is 10.1 Å². The number of halogens is 1. The molecule has 110 valence electrons. The van der Waals surface area contributed by atoms with Crippen molar-refractivity contribution in [3.63, 3.8) is 0 Å². The Balaban J connectivity index is 1.50. The lowest BCUT2D eigenvalue weighted by Crippen LogP contribution is -2.24. The summed E-state index contributed by atoms with van der Waals surface area (Å²) in [4.78, 5) is 0. The number of hydrogen-bond donors (Lipinski definition) is 1. The lowest BCUT2D eigenvalue weighted by molar-refractivity contribution is 0.305. The Morgan fingerprint density at radius 1 is 1.24 bits per heavy atom. The van der Waals surface area contributed by atoms with Gasteiger partial charge in [-0.1, -0.05) is 40.2 Å². The lowest BCUT2D eigenvalue weighted by Gasteiger charge is -2.15. The third-order valence-corrected chi connectivity index (χ3v) is 4.71. The molecule has 2 nitrogen and oxygen atoms in total. The summed E-state index contributed by atoms with van der Waals surface area (Å²) in [7, 11) is 0. The Morgan fingerprint density at radius 3 is 2.95 bits per heavy atom. The molecule has 2 aromatic rings. The molecule has 1 N–H and O–H groups in total. The topological polar surface area (TPSA) is 21.3 Å². The molecule has 3 rings (SSSR count). The zero-order valence-electron chi connectivity index (χ0n) is 12.2. The molecule has 21 heavy (non-hydrogen) atoms. The molecule has 1 unspecified atom stereocenters. The van der Waals surface area contributed by atoms with Crippen molar-refractivity contribution >= 4 is 15.9 Å². The molecule has 0 aliphatic heterocycles. The van der Waals surface area contributed by atoms with Crippen LogP contribution in [-0.2, 0) is 6.42 Å². The SMILES string of the molecule is Cc1cccc(OCCNC2CCc3c(Br)cccc32)c1. The van der Waals surface area contributed by atoms with Crippen LogP contribution in [0.25, 0.3) is 0 Å². The normalized spacial score (nSPS) is 16.8. The summed E-state index contributed by atoms with van der Waals surface area (Å²) in [5.41, 5.74) is 4.12. The fourth-order valence-corrected chi connectivity index (χ4v) is 3.51. The highest BCUT2D eigenvalue weighted by molar-refractivity contribution is 9.10. The Kier molecular flexibility index (Phi) is 4.61. The van der Waals surface area contributed by atoms with Crippen LogP contribution in [0, 0.1) is 6.92 Å². The van der Waals surface area contributed by atoms with E-state index in [1.165, 1.54) is 27.6 Å². The largest absolute Gasteiger partial charge is 0.492 e. The first kappa shape index (κ1) is 14.6. The van der Waals surface area contributed by atoms with Crippen molar-refractivity contribution in [2.75, 3.05) is 13.2 Å². The van der Waals surface area contributed by atoms with Crippen molar-refractivity contribution in [1.82, 2.24) is 5.32 Å². The van der Waals surface area contributed by atoms with Crippen LogP contribution >= 0.6 is 15.9 Å². The fourth-order valence-electron chi connectivity index (χ4n) is 2.93. The molecule has 0 amide bonds. The van der Waals surface area contributed by atoms with Crippen molar-refractivity contribution in [3.8, 4) is 5.75 Å². The van der Waals surface area contributed by atoms with E-state index in [4.69, 9.17) is 4.74 Å². The van der Waals surface area contributed by atoms with Crippen molar-refractivity contribution in [3.05, 3.63) is 63.6 Å². The molecule has 1 aliphatic carbocycles. The maximum atomic E-state index is 5.79. The van der Waals surface area contributed by atoms with Gasteiger partial charge in [0, 0.05) is 17.1 Å². The van der Waals surface area contributed by atoms with Gasteiger partial charge in [0.1, 0.15) is 12.4 Å². The first-order chi connectivity index (χ1) is 10.2. The predicted molar refractivity (Wildman–Crippen MR) is 89.9 cm³/mol. The second-order valence-corrected chi connectivity index (χ2v) is 6.37. The number of hydrogen-bond acceptors (Lipinski definition) is 2. The average Bonchev–Trinajstić information content (AvgIpc) is 2.88. The van der Waals surface area contributed by atoms with E-state index in [9.17, 15) is 0 Å². The van der Waals surface area contributed by atoms with Crippen LogP contribution in [0.1, 0.15) is 29.2 Å². The third kappa shape index (κ3) is 3.47. The number of ether oxygens (including phenoxy) is 1. The first-order valence-corrected chi connectivity index (χ1v) is 8.23. The Hall–Kier alpha value is -1.32. The molecule has 2 aromatic carbocycles. The van der Waals surface area contributed by atoms with E-state index in [-0.39, 0.29) is 0 Å². The molecule has 0 bridgehead atoms. The minimum Gasteiger partial charge on any atom is -0.492 e. The van der Waals surface area contributed by atoms with Gasteiger partial charge in [0.2, 0.25) is 0 Å². The smallest absolute Gasteiger partial charge is 0.119 e. The Labute approximate surface area is 134 Å². The van der Waals surface area contributed by atoms with E-state index >= 15 is 0 Å². The summed E-state index contributed by atoms with van der Waals surface area (Å²) in [5.74, 6) is 0.950. The summed E-state index contributed by atoms with van der Waals surface area (Å²) >= 11 is 3.64. The van der Waals surface area contributed by atoms with E-state index in [0.717, 1.165) is 18.7 Å². The summed E-state index contributed by atoms with van der Waals surface area (Å²) in [6.07, 6.45) is 2.32. The van der Waals surface area contributed by atoms with Crippen molar-refractivity contribution in [2.45, 2.75) is 25.8 Å². The van der Waals surface area contributed by atoms with Gasteiger partial charge in [0.05, 0.1) is 0 Å². The first-order valence-electron chi connectivity index (χ1n) is 7.44. The van der Waals surface area contributed by atoms with E-state index in [2.05, 4.69) is 58.5 Å². The van der Waals surface area contributed by atoms with Gasteiger partial charge in [-0.05, 0) is 54.7 Å². The van der Waals surface area contributed by atoms with Gasteiger partial charge in [-0.2, -0.15) is 0 Å². The van der Waals surface area contributed by atoms with Crippen LogP contribution < -0.4 is 10.1 Å². The highest BCUT2D eigenvalue weighted by Crippen LogP contribution is 2.35. The van der Waals surface area contributed by atoms with Gasteiger partial charge in [0.15, 0.2) is 0 Å². The second kappa shape index (κ2) is 6.63. The van der Waals surface area contributed by atoms with Gasteiger partial charge >= 0.3 is 0 Å². The Bertz CT molecular complexity index is 626. The number of nitrogens with one attached hydrogen (secondary N) is 1. The van der Waals surface area contributed by atoms with Gasteiger partial charge in [-0.15, -0.1) is 0 Å². The fraction of sp³-hybridized carbons (Fsp3) is 0.333. The van der Waals surface area contributed by atoms with E-state index < -0.39 is 0 Å². The van der Waals surface area contributed by atoms with Crippen LogP contribution in [0.3, 0.4) is 0 Å². The minimum atomic E-state index is 0.457. The lowest BCUT2D eigenvalue weighted by atomic mass is 10.1. The molecule has 3 heteroatoms.